The van der Waals surface area contributed by atoms with Crippen molar-refractivity contribution in [3.05, 3.63) is 89.3 Å². The molecule has 0 fully saturated rings. The molecule has 144 valence electrons. The minimum atomic E-state index is -3.89. The summed E-state index contributed by atoms with van der Waals surface area (Å²) in [6.07, 6.45) is 1.46. The SMILES string of the molecule is O=c1[nH]c2ccc(-c3cn(S(=O)(=O)c4ccccc4)c4ccc(F)cc34)cc2o1. The minimum absolute atomic E-state index is 0.125. The number of H-pyrrole nitrogens is 1. The molecule has 6 nitrogen and oxygen atoms in total. The number of fused-ring (bicyclic) bond motifs is 2. The summed E-state index contributed by atoms with van der Waals surface area (Å²) in [5.41, 5.74) is 2.30. The van der Waals surface area contributed by atoms with Crippen molar-refractivity contribution in [3.63, 3.8) is 0 Å². The molecule has 0 aliphatic heterocycles. The van der Waals surface area contributed by atoms with Crippen LogP contribution in [0, 0.1) is 5.82 Å². The van der Waals surface area contributed by atoms with Crippen LogP contribution in [0.25, 0.3) is 33.1 Å². The molecule has 2 heterocycles. The summed E-state index contributed by atoms with van der Waals surface area (Å²) in [7, 11) is -3.89. The van der Waals surface area contributed by atoms with Crippen molar-refractivity contribution in [1.82, 2.24) is 8.96 Å². The summed E-state index contributed by atoms with van der Waals surface area (Å²) in [6.45, 7) is 0. The van der Waals surface area contributed by atoms with Crippen LogP contribution in [-0.4, -0.2) is 17.4 Å². The summed E-state index contributed by atoms with van der Waals surface area (Å²) in [6, 6.07) is 17.0. The lowest BCUT2D eigenvalue weighted by Crippen LogP contribution is -2.11. The van der Waals surface area contributed by atoms with Crippen LogP contribution in [0.4, 0.5) is 4.39 Å². The van der Waals surface area contributed by atoms with Crippen LogP contribution in [-0.2, 0) is 10.0 Å². The van der Waals surface area contributed by atoms with E-state index in [1.165, 1.54) is 36.5 Å². The van der Waals surface area contributed by atoms with Crippen LogP contribution < -0.4 is 5.76 Å². The zero-order chi connectivity index (χ0) is 20.2. The Labute approximate surface area is 163 Å². The quantitative estimate of drug-likeness (QED) is 0.487. The maximum absolute atomic E-state index is 14.0. The Morgan fingerprint density at radius 2 is 1.76 bits per heavy atom. The molecule has 0 unspecified atom stereocenters. The number of aromatic nitrogens is 2. The number of hydrogen-bond acceptors (Lipinski definition) is 4. The zero-order valence-corrected chi connectivity index (χ0v) is 15.6. The molecule has 5 aromatic rings. The van der Waals surface area contributed by atoms with Crippen LogP contribution in [0.2, 0.25) is 0 Å². The number of oxazole rings is 1. The van der Waals surface area contributed by atoms with E-state index in [9.17, 15) is 17.6 Å². The number of hydrogen-bond donors (Lipinski definition) is 1. The van der Waals surface area contributed by atoms with E-state index in [0.29, 0.717) is 33.1 Å². The summed E-state index contributed by atoms with van der Waals surface area (Å²) in [5.74, 6) is -1.07. The Bertz CT molecular complexity index is 1550. The monoisotopic (exact) mass is 408 g/mol. The Balaban J connectivity index is 1.80. The van der Waals surface area contributed by atoms with E-state index in [4.69, 9.17) is 4.42 Å². The van der Waals surface area contributed by atoms with Crippen LogP contribution in [0.1, 0.15) is 0 Å². The van der Waals surface area contributed by atoms with Crippen LogP contribution in [0.3, 0.4) is 0 Å². The molecular formula is C21H13FN2O4S. The molecule has 29 heavy (non-hydrogen) atoms. The van der Waals surface area contributed by atoms with E-state index in [1.54, 1.807) is 36.4 Å². The highest BCUT2D eigenvalue weighted by Crippen LogP contribution is 2.34. The average molecular weight is 408 g/mol. The Morgan fingerprint density at radius 3 is 2.55 bits per heavy atom. The summed E-state index contributed by atoms with van der Waals surface area (Å²) in [4.78, 5) is 14.1. The smallest absolute Gasteiger partial charge is 0.408 e. The van der Waals surface area contributed by atoms with Gasteiger partial charge in [0.1, 0.15) is 5.82 Å². The summed E-state index contributed by atoms with van der Waals surface area (Å²) < 4.78 is 46.6. The van der Waals surface area contributed by atoms with Crippen molar-refractivity contribution in [3.8, 4) is 11.1 Å². The molecule has 5 rings (SSSR count). The molecule has 0 aliphatic rings. The van der Waals surface area contributed by atoms with Gasteiger partial charge in [-0.1, -0.05) is 24.3 Å². The molecule has 0 spiro atoms. The fraction of sp³-hybridized carbons (Fsp3) is 0. The summed E-state index contributed by atoms with van der Waals surface area (Å²) in [5, 5.41) is 0.432. The maximum atomic E-state index is 14.0. The van der Waals surface area contributed by atoms with Gasteiger partial charge < -0.3 is 4.42 Å². The first-order chi connectivity index (χ1) is 13.9. The third kappa shape index (κ3) is 2.76. The molecule has 0 saturated heterocycles. The second-order valence-corrected chi connectivity index (χ2v) is 8.36. The normalized spacial score (nSPS) is 12.0. The molecule has 1 N–H and O–H groups in total. The third-order valence-corrected chi connectivity index (χ3v) is 6.45. The van der Waals surface area contributed by atoms with Crippen molar-refractivity contribution >= 4 is 32.0 Å². The van der Waals surface area contributed by atoms with Crippen molar-refractivity contribution in [2.24, 2.45) is 0 Å². The van der Waals surface area contributed by atoms with E-state index >= 15 is 0 Å². The average Bonchev–Trinajstić information content (AvgIpc) is 3.27. The van der Waals surface area contributed by atoms with Crippen LogP contribution in [0.5, 0.6) is 0 Å². The molecule has 0 saturated carbocycles. The molecule has 8 heteroatoms. The third-order valence-electron chi connectivity index (χ3n) is 4.76. The van der Waals surface area contributed by atoms with Crippen molar-refractivity contribution in [2.75, 3.05) is 0 Å². The van der Waals surface area contributed by atoms with Gasteiger partial charge in [-0.15, -0.1) is 0 Å². The largest absolute Gasteiger partial charge is 0.417 e. The lowest BCUT2D eigenvalue weighted by molar-refractivity contribution is 0.555. The number of aromatic amines is 1. The Morgan fingerprint density at radius 1 is 0.966 bits per heavy atom. The number of nitrogens with zero attached hydrogens (tertiary/aromatic N) is 1. The summed E-state index contributed by atoms with van der Waals surface area (Å²) >= 11 is 0. The first-order valence-corrected chi connectivity index (χ1v) is 10.1. The molecule has 0 radical (unpaired) electrons. The lowest BCUT2D eigenvalue weighted by Gasteiger charge is -2.07. The van der Waals surface area contributed by atoms with Gasteiger partial charge in [0.2, 0.25) is 0 Å². The minimum Gasteiger partial charge on any atom is -0.408 e. The first-order valence-electron chi connectivity index (χ1n) is 8.68. The lowest BCUT2D eigenvalue weighted by atomic mass is 10.0. The molecule has 0 bridgehead atoms. The topological polar surface area (TPSA) is 85.1 Å². The van der Waals surface area contributed by atoms with Gasteiger partial charge in [-0.3, -0.25) is 4.98 Å². The second-order valence-electron chi connectivity index (χ2n) is 6.54. The molecular weight excluding hydrogens is 395 g/mol. The van der Waals surface area contributed by atoms with Crippen LogP contribution >= 0.6 is 0 Å². The first kappa shape index (κ1) is 17.4. The predicted molar refractivity (Wildman–Crippen MR) is 107 cm³/mol. The predicted octanol–water partition coefficient (Wildman–Crippen LogP) is 4.12. The van der Waals surface area contributed by atoms with Gasteiger partial charge in [-0.05, 0) is 48.0 Å². The van der Waals surface area contributed by atoms with Gasteiger partial charge in [-0.25, -0.2) is 21.6 Å². The van der Waals surface area contributed by atoms with Gasteiger partial charge >= 0.3 is 5.76 Å². The van der Waals surface area contributed by atoms with E-state index in [1.807, 2.05) is 0 Å². The van der Waals surface area contributed by atoms with Crippen molar-refractivity contribution in [1.29, 1.82) is 0 Å². The second kappa shape index (κ2) is 6.18. The standard InChI is InChI=1S/C21H13FN2O4S/c22-14-7-9-19-16(11-14)17(13-6-8-18-20(10-13)28-21(25)23-18)12-24(19)29(26,27)15-4-2-1-3-5-15/h1-12H,(H,23,25). The fourth-order valence-electron chi connectivity index (χ4n) is 3.42. The highest BCUT2D eigenvalue weighted by Gasteiger charge is 2.22. The number of halogens is 1. The number of rotatable bonds is 3. The van der Waals surface area contributed by atoms with Gasteiger partial charge in [0.15, 0.2) is 5.58 Å². The van der Waals surface area contributed by atoms with E-state index in [2.05, 4.69) is 4.98 Å². The molecule has 3 aromatic carbocycles. The molecule has 2 aromatic heterocycles. The highest BCUT2D eigenvalue weighted by atomic mass is 32.2. The van der Waals surface area contributed by atoms with Crippen molar-refractivity contribution < 1.29 is 17.2 Å². The maximum Gasteiger partial charge on any atom is 0.417 e. The van der Waals surface area contributed by atoms with Crippen LogP contribution in [0.15, 0.2) is 87.0 Å². The number of nitrogens with one attached hydrogen (secondary N) is 1. The Hall–Kier alpha value is -3.65. The zero-order valence-electron chi connectivity index (χ0n) is 14.8. The number of benzene rings is 3. The highest BCUT2D eigenvalue weighted by molar-refractivity contribution is 7.90. The van der Waals surface area contributed by atoms with E-state index < -0.39 is 21.6 Å². The van der Waals surface area contributed by atoms with Gasteiger partial charge in [-0.2, -0.15) is 0 Å². The van der Waals surface area contributed by atoms with Gasteiger partial charge in [0, 0.05) is 17.1 Å². The van der Waals surface area contributed by atoms with E-state index in [-0.39, 0.29) is 4.90 Å². The molecule has 0 atom stereocenters. The molecule has 0 amide bonds. The van der Waals surface area contributed by atoms with Gasteiger partial charge in [0.25, 0.3) is 10.0 Å². The fourth-order valence-corrected chi connectivity index (χ4v) is 4.81. The van der Waals surface area contributed by atoms with Gasteiger partial charge in [0.05, 0.1) is 15.9 Å². The van der Waals surface area contributed by atoms with E-state index in [0.717, 1.165) is 3.97 Å². The molecule has 0 aliphatic carbocycles. The Kier molecular flexibility index (Phi) is 3.72. The van der Waals surface area contributed by atoms with Crippen molar-refractivity contribution in [2.45, 2.75) is 4.90 Å².